The van der Waals surface area contributed by atoms with Crippen LogP contribution in [0.3, 0.4) is 0 Å². The first kappa shape index (κ1) is 16.9. The van der Waals surface area contributed by atoms with Crippen molar-refractivity contribution in [3.63, 3.8) is 0 Å². The molecule has 2 aromatic rings. The Labute approximate surface area is 138 Å². The molecule has 1 amide bonds. The molecule has 122 valence electrons. The van der Waals surface area contributed by atoms with Crippen molar-refractivity contribution in [2.24, 2.45) is 0 Å². The first-order valence-corrected chi connectivity index (χ1v) is 7.90. The Hall–Kier alpha value is -2.49. The van der Waals surface area contributed by atoms with E-state index in [2.05, 4.69) is 24.2 Å². The molecule has 0 aliphatic rings. The van der Waals surface area contributed by atoms with Gasteiger partial charge in [-0.3, -0.25) is 4.79 Å². The topological polar surface area (TPSA) is 41.6 Å². The number of unbranched alkanes of at least 4 members (excludes halogenated alkanes) is 1. The van der Waals surface area contributed by atoms with Crippen LogP contribution in [-0.4, -0.2) is 26.6 Å². The van der Waals surface area contributed by atoms with Crippen molar-refractivity contribution >= 4 is 17.3 Å². The van der Waals surface area contributed by atoms with Gasteiger partial charge in [-0.1, -0.05) is 13.3 Å². The number of hydrogen-bond acceptors (Lipinski definition) is 3. The predicted molar refractivity (Wildman–Crippen MR) is 95.6 cm³/mol. The summed E-state index contributed by atoms with van der Waals surface area (Å²) in [7, 11) is 3.69. The first-order valence-electron chi connectivity index (χ1n) is 7.90. The predicted octanol–water partition coefficient (Wildman–Crippen LogP) is 4.18. The molecule has 0 fully saturated rings. The molecule has 4 nitrogen and oxygen atoms in total. The Bertz CT molecular complexity index is 621. The molecule has 0 saturated carbocycles. The summed E-state index contributed by atoms with van der Waals surface area (Å²) in [5.74, 6) is 0.612. The zero-order chi connectivity index (χ0) is 16.7. The lowest BCUT2D eigenvalue weighted by Crippen LogP contribution is -2.18. The van der Waals surface area contributed by atoms with Gasteiger partial charge in [0, 0.05) is 30.5 Å². The highest BCUT2D eigenvalue weighted by Gasteiger charge is 2.07. The van der Waals surface area contributed by atoms with Crippen LogP contribution in [0.15, 0.2) is 48.5 Å². The van der Waals surface area contributed by atoms with E-state index < -0.39 is 0 Å². The number of amides is 1. The van der Waals surface area contributed by atoms with Crippen LogP contribution >= 0.6 is 0 Å². The fraction of sp³-hybridized carbons (Fsp3) is 0.316. The van der Waals surface area contributed by atoms with Gasteiger partial charge in [0.2, 0.25) is 0 Å². The van der Waals surface area contributed by atoms with Gasteiger partial charge in [0.05, 0.1) is 7.11 Å². The van der Waals surface area contributed by atoms with Crippen molar-refractivity contribution in [2.75, 3.05) is 30.9 Å². The summed E-state index contributed by atoms with van der Waals surface area (Å²) in [5, 5.41) is 2.91. The van der Waals surface area contributed by atoms with Crippen molar-refractivity contribution in [3.05, 3.63) is 54.1 Å². The van der Waals surface area contributed by atoms with Gasteiger partial charge in [-0.05, 0) is 55.0 Å². The van der Waals surface area contributed by atoms with Crippen LogP contribution in [-0.2, 0) is 0 Å². The van der Waals surface area contributed by atoms with Gasteiger partial charge in [0.15, 0.2) is 0 Å². The standard InChI is InChI=1S/C19H24N2O2/c1-4-5-14-21(2)17-10-8-16(9-11-17)20-19(22)15-6-12-18(23-3)13-7-15/h6-13H,4-5,14H2,1-3H3,(H,20,22). The molecule has 1 N–H and O–H groups in total. The van der Waals surface area contributed by atoms with Gasteiger partial charge in [0.25, 0.3) is 5.91 Å². The quantitative estimate of drug-likeness (QED) is 0.833. The summed E-state index contributed by atoms with van der Waals surface area (Å²) in [5.41, 5.74) is 2.55. The molecule has 0 spiro atoms. The molecular weight excluding hydrogens is 288 g/mol. The number of methoxy groups -OCH3 is 1. The molecule has 0 aliphatic heterocycles. The van der Waals surface area contributed by atoms with E-state index in [0.717, 1.165) is 23.7 Å². The minimum Gasteiger partial charge on any atom is -0.497 e. The largest absolute Gasteiger partial charge is 0.497 e. The first-order chi connectivity index (χ1) is 11.1. The second-order valence-electron chi connectivity index (χ2n) is 5.50. The van der Waals surface area contributed by atoms with Crippen molar-refractivity contribution < 1.29 is 9.53 Å². The van der Waals surface area contributed by atoms with E-state index in [9.17, 15) is 4.79 Å². The summed E-state index contributed by atoms with van der Waals surface area (Å²) in [6.45, 7) is 3.22. The highest BCUT2D eigenvalue weighted by atomic mass is 16.5. The molecule has 4 heteroatoms. The van der Waals surface area contributed by atoms with Crippen LogP contribution in [0.5, 0.6) is 5.75 Å². The van der Waals surface area contributed by atoms with Crippen molar-refractivity contribution in [2.45, 2.75) is 19.8 Å². The highest BCUT2D eigenvalue weighted by Crippen LogP contribution is 2.18. The summed E-state index contributed by atoms with van der Waals surface area (Å²) in [4.78, 5) is 14.4. The van der Waals surface area contributed by atoms with Gasteiger partial charge in [-0.2, -0.15) is 0 Å². The lowest BCUT2D eigenvalue weighted by molar-refractivity contribution is 0.102. The Morgan fingerprint density at radius 3 is 2.30 bits per heavy atom. The summed E-state index contributed by atoms with van der Waals surface area (Å²) < 4.78 is 5.09. The fourth-order valence-electron chi connectivity index (χ4n) is 2.27. The van der Waals surface area contributed by atoms with Gasteiger partial charge >= 0.3 is 0 Å². The summed E-state index contributed by atoms with van der Waals surface area (Å²) in [6, 6.07) is 15.0. The van der Waals surface area contributed by atoms with E-state index in [1.165, 1.54) is 12.8 Å². The summed E-state index contributed by atoms with van der Waals surface area (Å²) in [6.07, 6.45) is 2.35. The van der Waals surface area contributed by atoms with E-state index in [-0.39, 0.29) is 5.91 Å². The minimum absolute atomic E-state index is 0.125. The number of carbonyl (C=O) groups excluding carboxylic acids is 1. The minimum atomic E-state index is -0.125. The van der Waals surface area contributed by atoms with Crippen LogP contribution in [0.1, 0.15) is 30.1 Å². The van der Waals surface area contributed by atoms with Gasteiger partial charge in [0.1, 0.15) is 5.75 Å². The maximum Gasteiger partial charge on any atom is 0.255 e. The van der Waals surface area contributed by atoms with Gasteiger partial charge in [-0.15, -0.1) is 0 Å². The van der Waals surface area contributed by atoms with Crippen molar-refractivity contribution in [1.82, 2.24) is 0 Å². The van der Waals surface area contributed by atoms with Crippen molar-refractivity contribution in [3.8, 4) is 5.75 Å². The van der Waals surface area contributed by atoms with E-state index in [1.807, 2.05) is 24.3 Å². The molecule has 2 aromatic carbocycles. The number of anilines is 2. The second kappa shape index (κ2) is 8.22. The third-order valence-electron chi connectivity index (χ3n) is 3.77. The average molecular weight is 312 g/mol. The second-order valence-corrected chi connectivity index (χ2v) is 5.50. The zero-order valence-corrected chi connectivity index (χ0v) is 14.0. The molecule has 23 heavy (non-hydrogen) atoms. The molecule has 0 saturated heterocycles. The fourth-order valence-corrected chi connectivity index (χ4v) is 2.27. The Balaban J connectivity index is 1.98. The van der Waals surface area contributed by atoms with Gasteiger partial charge < -0.3 is 15.0 Å². The van der Waals surface area contributed by atoms with E-state index in [0.29, 0.717) is 5.56 Å². The molecule has 0 atom stereocenters. The number of hydrogen-bond donors (Lipinski definition) is 1. The normalized spacial score (nSPS) is 10.2. The van der Waals surface area contributed by atoms with Crippen LogP contribution in [0.2, 0.25) is 0 Å². The lowest BCUT2D eigenvalue weighted by atomic mass is 10.2. The summed E-state index contributed by atoms with van der Waals surface area (Å²) >= 11 is 0. The number of nitrogens with zero attached hydrogens (tertiary/aromatic N) is 1. The number of carbonyl (C=O) groups is 1. The van der Waals surface area contributed by atoms with Crippen molar-refractivity contribution in [1.29, 1.82) is 0 Å². The molecule has 0 radical (unpaired) electrons. The van der Waals surface area contributed by atoms with E-state index >= 15 is 0 Å². The number of benzene rings is 2. The average Bonchev–Trinajstić information content (AvgIpc) is 2.60. The molecule has 0 unspecified atom stereocenters. The number of nitrogens with one attached hydrogen (secondary N) is 1. The van der Waals surface area contributed by atoms with Crippen LogP contribution in [0.4, 0.5) is 11.4 Å². The Morgan fingerprint density at radius 2 is 1.74 bits per heavy atom. The molecule has 0 bridgehead atoms. The third kappa shape index (κ3) is 4.74. The smallest absolute Gasteiger partial charge is 0.255 e. The lowest BCUT2D eigenvalue weighted by Gasteiger charge is -2.19. The third-order valence-corrected chi connectivity index (χ3v) is 3.77. The zero-order valence-electron chi connectivity index (χ0n) is 14.0. The monoisotopic (exact) mass is 312 g/mol. The van der Waals surface area contributed by atoms with Crippen LogP contribution in [0, 0.1) is 0 Å². The van der Waals surface area contributed by atoms with Crippen LogP contribution < -0.4 is 15.0 Å². The van der Waals surface area contributed by atoms with Crippen LogP contribution in [0.25, 0.3) is 0 Å². The molecule has 2 rings (SSSR count). The maximum absolute atomic E-state index is 12.2. The number of rotatable bonds is 7. The molecule has 0 aromatic heterocycles. The molecular formula is C19H24N2O2. The SMILES string of the molecule is CCCCN(C)c1ccc(NC(=O)c2ccc(OC)cc2)cc1. The Kier molecular flexibility index (Phi) is 6.03. The highest BCUT2D eigenvalue weighted by molar-refractivity contribution is 6.04. The van der Waals surface area contributed by atoms with E-state index in [4.69, 9.17) is 4.74 Å². The number of ether oxygens (including phenoxy) is 1. The molecule has 0 aliphatic carbocycles. The Morgan fingerprint density at radius 1 is 1.09 bits per heavy atom. The van der Waals surface area contributed by atoms with Gasteiger partial charge in [-0.25, -0.2) is 0 Å². The maximum atomic E-state index is 12.2. The van der Waals surface area contributed by atoms with E-state index in [1.54, 1.807) is 31.4 Å². The molecule has 0 heterocycles.